The third-order valence-electron chi connectivity index (χ3n) is 7.13. The molecule has 0 saturated heterocycles. The van der Waals surface area contributed by atoms with Gasteiger partial charge in [0, 0.05) is 16.7 Å². The van der Waals surface area contributed by atoms with Gasteiger partial charge in [-0.05, 0) is 45.2 Å². The smallest absolute Gasteiger partial charge is 0.164 e. The van der Waals surface area contributed by atoms with E-state index in [-0.39, 0.29) is 0 Å². The van der Waals surface area contributed by atoms with Crippen molar-refractivity contribution in [1.29, 1.82) is 0 Å². The van der Waals surface area contributed by atoms with Crippen molar-refractivity contribution in [2.24, 2.45) is 0 Å². The van der Waals surface area contributed by atoms with E-state index < -0.39 is 0 Å². The second kappa shape index (κ2) is 10.4. The molecule has 7 aromatic rings. The Morgan fingerprint density at radius 1 is 0.275 bits per heavy atom. The van der Waals surface area contributed by atoms with Gasteiger partial charge in [0.1, 0.15) is 0 Å². The summed E-state index contributed by atoms with van der Waals surface area (Å²) in [7, 11) is 0. The van der Waals surface area contributed by atoms with Gasteiger partial charge in [-0.25, -0.2) is 15.0 Å². The van der Waals surface area contributed by atoms with Crippen LogP contribution < -0.4 is 0 Å². The van der Waals surface area contributed by atoms with Crippen LogP contribution in [-0.2, 0) is 0 Å². The van der Waals surface area contributed by atoms with Crippen LogP contribution in [0, 0.1) is 0 Å². The predicted molar refractivity (Wildman–Crippen MR) is 165 cm³/mol. The molecule has 188 valence electrons. The molecule has 1 heterocycles. The molecule has 0 saturated carbocycles. The number of nitrogens with zero attached hydrogens (tertiary/aromatic N) is 3. The molecule has 3 nitrogen and oxygen atoms in total. The Morgan fingerprint density at radius 2 is 0.650 bits per heavy atom. The monoisotopic (exact) mass is 511 g/mol. The molecular weight excluding hydrogens is 486 g/mol. The molecule has 6 aromatic carbocycles. The van der Waals surface area contributed by atoms with Crippen molar-refractivity contribution in [1.82, 2.24) is 15.0 Å². The van der Waals surface area contributed by atoms with E-state index in [0.717, 1.165) is 38.8 Å². The molecule has 0 aliphatic rings. The van der Waals surface area contributed by atoms with Crippen molar-refractivity contribution >= 4 is 10.8 Å². The fourth-order valence-electron chi connectivity index (χ4n) is 5.07. The van der Waals surface area contributed by atoms with E-state index >= 15 is 0 Å². The highest BCUT2D eigenvalue weighted by molar-refractivity contribution is 5.95. The maximum atomic E-state index is 5.07. The molecule has 3 heteroatoms. The highest BCUT2D eigenvalue weighted by Gasteiger charge is 2.17. The number of fused-ring (bicyclic) bond motifs is 1. The van der Waals surface area contributed by atoms with Crippen LogP contribution in [0.4, 0.5) is 0 Å². The van der Waals surface area contributed by atoms with Crippen molar-refractivity contribution in [3.63, 3.8) is 0 Å². The quantitative estimate of drug-likeness (QED) is 0.231. The van der Waals surface area contributed by atoms with E-state index in [1.807, 2.05) is 42.5 Å². The van der Waals surface area contributed by atoms with Gasteiger partial charge in [0.25, 0.3) is 0 Å². The molecule has 1 aromatic heterocycles. The van der Waals surface area contributed by atoms with Crippen LogP contribution in [0.15, 0.2) is 152 Å². The van der Waals surface area contributed by atoms with Crippen LogP contribution in [0.2, 0.25) is 0 Å². The van der Waals surface area contributed by atoms with E-state index in [4.69, 9.17) is 15.0 Å². The Kier molecular flexibility index (Phi) is 6.15. The van der Waals surface area contributed by atoms with Crippen molar-refractivity contribution < 1.29 is 0 Å². The summed E-state index contributed by atoms with van der Waals surface area (Å²) in [5.74, 6) is 1.95. The number of benzene rings is 6. The Labute approximate surface area is 233 Å². The molecular formula is C37H25N3. The average Bonchev–Trinajstić information content (AvgIpc) is 3.05. The first-order valence-corrected chi connectivity index (χ1v) is 13.4. The third-order valence-corrected chi connectivity index (χ3v) is 7.13. The van der Waals surface area contributed by atoms with Gasteiger partial charge in [0.2, 0.25) is 0 Å². The molecule has 0 spiro atoms. The Bertz CT molecular complexity index is 1920. The van der Waals surface area contributed by atoms with E-state index in [0.29, 0.717) is 17.5 Å². The second-order valence-electron chi connectivity index (χ2n) is 9.73. The molecule has 0 aliphatic carbocycles. The standard InChI is InChI=1S/C37H25N3/c1-4-12-26(13-5-1)27-20-22-30(23-21-27)36-38-35(29-16-8-3-9-17-29)39-37(40-36)34-25-32-19-11-10-18-31(32)24-33(34)28-14-6-2-7-15-28/h1-25H. The summed E-state index contributed by atoms with van der Waals surface area (Å²) in [5, 5.41) is 2.33. The van der Waals surface area contributed by atoms with E-state index in [1.165, 1.54) is 10.9 Å². The van der Waals surface area contributed by atoms with Crippen molar-refractivity contribution in [2.75, 3.05) is 0 Å². The average molecular weight is 512 g/mol. The van der Waals surface area contributed by atoms with Gasteiger partial charge >= 0.3 is 0 Å². The molecule has 0 fully saturated rings. The molecule has 0 amide bonds. The minimum absolute atomic E-state index is 0.649. The SMILES string of the molecule is c1ccc(-c2ccc(-c3nc(-c4ccccc4)nc(-c4cc5ccccc5cc4-c4ccccc4)n3)cc2)cc1. The van der Waals surface area contributed by atoms with Gasteiger partial charge in [-0.2, -0.15) is 0 Å². The number of hydrogen-bond donors (Lipinski definition) is 0. The summed E-state index contributed by atoms with van der Waals surface area (Å²) in [6, 6.07) is 52.2. The first-order chi connectivity index (χ1) is 19.8. The van der Waals surface area contributed by atoms with E-state index in [9.17, 15) is 0 Å². The lowest BCUT2D eigenvalue weighted by molar-refractivity contribution is 1.07. The van der Waals surface area contributed by atoms with Gasteiger partial charge in [0.05, 0.1) is 0 Å². The maximum Gasteiger partial charge on any atom is 0.164 e. The maximum absolute atomic E-state index is 5.07. The van der Waals surface area contributed by atoms with Gasteiger partial charge < -0.3 is 0 Å². The number of rotatable bonds is 5. The summed E-state index contributed by atoms with van der Waals surface area (Å²) < 4.78 is 0. The molecule has 0 aliphatic heterocycles. The van der Waals surface area contributed by atoms with Crippen LogP contribution in [0.1, 0.15) is 0 Å². The zero-order chi connectivity index (χ0) is 26.7. The van der Waals surface area contributed by atoms with Crippen LogP contribution in [0.5, 0.6) is 0 Å². The molecule has 0 atom stereocenters. The summed E-state index contributed by atoms with van der Waals surface area (Å²) in [5.41, 5.74) is 7.43. The Morgan fingerprint density at radius 3 is 1.23 bits per heavy atom. The fourth-order valence-corrected chi connectivity index (χ4v) is 5.07. The van der Waals surface area contributed by atoms with Crippen LogP contribution in [0.3, 0.4) is 0 Å². The van der Waals surface area contributed by atoms with Crippen molar-refractivity contribution in [3.8, 4) is 56.4 Å². The molecule has 0 bridgehead atoms. The number of aromatic nitrogens is 3. The molecule has 0 unspecified atom stereocenters. The van der Waals surface area contributed by atoms with Crippen LogP contribution >= 0.6 is 0 Å². The summed E-state index contributed by atoms with van der Waals surface area (Å²) in [6.07, 6.45) is 0. The lowest BCUT2D eigenvalue weighted by atomic mass is 9.95. The predicted octanol–water partition coefficient (Wildman–Crippen LogP) is 9.36. The van der Waals surface area contributed by atoms with Crippen LogP contribution in [0.25, 0.3) is 67.2 Å². The lowest BCUT2D eigenvalue weighted by Gasteiger charge is -2.14. The Hall–Kier alpha value is -5.41. The van der Waals surface area contributed by atoms with Crippen molar-refractivity contribution in [2.45, 2.75) is 0 Å². The van der Waals surface area contributed by atoms with E-state index in [2.05, 4.69) is 109 Å². The summed E-state index contributed by atoms with van der Waals surface area (Å²) in [6.45, 7) is 0. The minimum atomic E-state index is 0.649. The number of hydrogen-bond acceptors (Lipinski definition) is 3. The van der Waals surface area contributed by atoms with Gasteiger partial charge in [-0.1, -0.05) is 140 Å². The first-order valence-electron chi connectivity index (χ1n) is 13.4. The fraction of sp³-hybridized carbons (Fsp3) is 0. The van der Waals surface area contributed by atoms with Gasteiger partial charge in [0.15, 0.2) is 17.5 Å². The van der Waals surface area contributed by atoms with Gasteiger partial charge in [-0.15, -0.1) is 0 Å². The topological polar surface area (TPSA) is 38.7 Å². The Balaban J connectivity index is 1.43. The molecule has 40 heavy (non-hydrogen) atoms. The third kappa shape index (κ3) is 4.65. The second-order valence-corrected chi connectivity index (χ2v) is 9.73. The lowest BCUT2D eigenvalue weighted by Crippen LogP contribution is -2.01. The molecule has 7 rings (SSSR count). The van der Waals surface area contributed by atoms with Crippen molar-refractivity contribution in [3.05, 3.63) is 152 Å². The first kappa shape index (κ1) is 23.7. The van der Waals surface area contributed by atoms with Gasteiger partial charge in [-0.3, -0.25) is 0 Å². The normalized spacial score (nSPS) is 11.0. The summed E-state index contributed by atoms with van der Waals surface area (Å²) in [4.78, 5) is 15.1. The zero-order valence-electron chi connectivity index (χ0n) is 21.8. The molecule has 0 radical (unpaired) electrons. The highest BCUT2D eigenvalue weighted by atomic mass is 15.0. The zero-order valence-corrected chi connectivity index (χ0v) is 21.8. The summed E-state index contributed by atoms with van der Waals surface area (Å²) >= 11 is 0. The highest BCUT2D eigenvalue weighted by Crippen LogP contribution is 2.36. The van der Waals surface area contributed by atoms with E-state index in [1.54, 1.807) is 0 Å². The largest absolute Gasteiger partial charge is 0.208 e. The molecule has 0 N–H and O–H groups in total. The van der Waals surface area contributed by atoms with Crippen LogP contribution in [-0.4, -0.2) is 15.0 Å². The minimum Gasteiger partial charge on any atom is -0.208 e.